The van der Waals surface area contributed by atoms with Crippen LogP contribution in [0.2, 0.25) is 0 Å². The molecule has 1 rings (SSSR count). The highest BCUT2D eigenvalue weighted by Crippen LogP contribution is 1.97. The minimum atomic E-state index is 0.615. The molecule has 1 aliphatic rings. The van der Waals surface area contributed by atoms with Gasteiger partial charge in [-0.25, -0.2) is 0 Å². The molecule has 0 aromatic rings. The van der Waals surface area contributed by atoms with Crippen molar-refractivity contribution in [2.75, 3.05) is 39.4 Å². The number of hydrogen-bond donors (Lipinski definition) is 1. The average Bonchev–Trinajstić information content (AvgIpc) is 2.14. The van der Waals surface area contributed by atoms with Crippen LogP contribution in [0.15, 0.2) is 0 Å². The van der Waals surface area contributed by atoms with Crippen LogP contribution in [-0.4, -0.2) is 50.3 Å². The zero-order valence-electron chi connectivity index (χ0n) is 8.88. The van der Waals surface area contributed by atoms with Gasteiger partial charge in [0.15, 0.2) is 0 Å². The number of morpholine rings is 1. The first kappa shape index (κ1) is 11.0. The lowest BCUT2D eigenvalue weighted by Crippen LogP contribution is -2.38. The fraction of sp³-hybridized carbons (Fsp3) is 1.00. The maximum atomic E-state index is 5.29. The van der Waals surface area contributed by atoms with Gasteiger partial charge in [0, 0.05) is 19.1 Å². The average molecular weight is 186 g/mol. The van der Waals surface area contributed by atoms with Crippen molar-refractivity contribution in [3.05, 3.63) is 0 Å². The van der Waals surface area contributed by atoms with Crippen LogP contribution in [0.3, 0.4) is 0 Å². The molecule has 0 saturated carbocycles. The Labute approximate surface area is 81.4 Å². The third-order valence-corrected chi connectivity index (χ3v) is 2.31. The van der Waals surface area contributed by atoms with Crippen molar-refractivity contribution in [3.63, 3.8) is 0 Å². The van der Waals surface area contributed by atoms with Gasteiger partial charge in [0.1, 0.15) is 0 Å². The fourth-order valence-corrected chi connectivity index (χ4v) is 1.52. The molecular weight excluding hydrogens is 164 g/mol. The second-order valence-electron chi connectivity index (χ2n) is 3.92. The van der Waals surface area contributed by atoms with Crippen molar-refractivity contribution in [2.45, 2.75) is 26.3 Å². The number of ether oxygens (including phenoxy) is 1. The second-order valence-corrected chi connectivity index (χ2v) is 3.92. The molecule has 1 heterocycles. The monoisotopic (exact) mass is 186 g/mol. The van der Waals surface area contributed by atoms with E-state index in [0.717, 1.165) is 32.8 Å². The maximum absolute atomic E-state index is 5.29. The number of rotatable bonds is 5. The van der Waals surface area contributed by atoms with Gasteiger partial charge in [0.2, 0.25) is 0 Å². The molecular formula is C10H22N2O. The highest BCUT2D eigenvalue weighted by molar-refractivity contribution is 4.63. The van der Waals surface area contributed by atoms with Gasteiger partial charge in [-0.2, -0.15) is 0 Å². The summed E-state index contributed by atoms with van der Waals surface area (Å²) in [6.45, 7) is 10.8. The third-order valence-electron chi connectivity index (χ3n) is 2.31. The first-order valence-corrected chi connectivity index (χ1v) is 5.32. The molecule has 0 aromatic carbocycles. The van der Waals surface area contributed by atoms with Gasteiger partial charge in [0.05, 0.1) is 13.2 Å². The van der Waals surface area contributed by atoms with Gasteiger partial charge >= 0.3 is 0 Å². The minimum Gasteiger partial charge on any atom is -0.379 e. The molecule has 13 heavy (non-hydrogen) atoms. The van der Waals surface area contributed by atoms with Gasteiger partial charge in [-0.1, -0.05) is 13.8 Å². The molecule has 1 fully saturated rings. The molecule has 0 radical (unpaired) electrons. The Morgan fingerprint density at radius 3 is 2.62 bits per heavy atom. The molecule has 3 heteroatoms. The topological polar surface area (TPSA) is 24.5 Å². The summed E-state index contributed by atoms with van der Waals surface area (Å²) in [5, 5.41) is 3.43. The van der Waals surface area contributed by atoms with Crippen molar-refractivity contribution < 1.29 is 4.74 Å². The van der Waals surface area contributed by atoms with Gasteiger partial charge in [-0.3, -0.25) is 4.90 Å². The number of hydrogen-bond acceptors (Lipinski definition) is 3. The Balaban J connectivity index is 1.92. The quantitative estimate of drug-likeness (QED) is 0.640. The van der Waals surface area contributed by atoms with Crippen LogP contribution >= 0.6 is 0 Å². The van der Waals surface area contributed by atoms with E-state index < -0.39 is 0 Å². The molecule has 0 unspecified atom stereocenters. The van der Waals surface area contributed by atoms with Crippen LogP contribution < -0.4 is 5.32 Å². The Bertz CT molecular complexity index is 122. The third kappa shape index (κ3) is 5.24. The second kappa shape index (κ2) is 6.35. The van der Waals surface area contributed by atoms with Crippen molar-refractivity contribution in [2.24, 2.45) is 0 Å². The van der Waals surface area contributed by atoms with Gasteiger partial charge in [0.25, 0.3) is 0 Å². The molecule has 1 aliphatic heterocycles. The highest BCUT2D eigenvalue weighted by atomic mass is 16.5. The van der Waals surface area contributed by atoms with Crippen LogP contribution in [0.1, 0.15) is 20.3 Å². The summed E-state index contributed by atoms with van der Waals surface area (Å²) in [4.78, 5) is 2.48. The lowest BCUT2D eigenvalue weighted by atomic mass is 10.3. The van der Waals surface area contributed by atoms with Crippen LogP contribution in [0.25, 0.3) is 0 Å². The van der Waals surface area contributed by atoms with Crippen molar-refractivity contribution in [1.82, 2.24) is 10.2 Å². The molecule has 3 nitrogen and oxygen atoms in total. The Morgan fingerprint density at radius 2 is 2.00 bits per heavy atom. The molecule has 1 saturated heterocycles. The Morgan fingerprint density at radius 1 is 1.31 bits per heavy atom. The predicted molar refractivity (Wildman–Crippen MR) is 55.0 cm³/mol. The van der Waals surface area contributed by atoms with Crippen LogP contribution in [0.5, 0.6) is 0 Å². The standard InChI is InChI=1S/C10H22N2O/c1-10(2)11-4-3-5-12-6-8-13-9-7-12/h10-11H,3-9H2,1-2H3. The number of nitrogens with zero attached hydrogens (tertiary/aromatic N) is 1. The zero-order chi connectivity index (χ0) is 9.52. The molecule has 0 bridgehead atoms. The lowest BCUT2D eigenvalue weighted by molar-refractivity contribution is 0.0374. The lowest BCUT2D eigenvalue weighted by Gasteiger charge is -2.26. The molecule has 0 atom stereocenters. The predicted octanol–water partition coefficient (Wildman–Crippen LogP) is 0.707. The fourth-order valence-electron chi connectivity index (χ4n) is 1.52. The molecule has 0 spiro atoms. The smallest absolute Gasteiger partial charge is 0.0594 e. The van der Waals surface area contributed by atoms with Crippen LogP contribution in [0.4, 0.5) is 0 Å². The summed E-state index contributed by atoms with van der Waals surface area (Å²) < 4.78 is 5.29. The SMILES string of the molecule is CC(C)NCCCN1CCOCC1. The van der Waals surface area contributed by atoms with E-state index in [1.54, 1.807) is 0 Å². The van der Waals surface area contributed by atoms with E-state index in [0.29, 0.717) is 6.04 Å². The summed E-state index contributed by atoms with van der Waals surface area (Å²) in [6.07, 6.45) is 1.25. The maximum Gasteiger partial charge on any atom is 0.0594 e. The molecule has 1 N–H and O–H groups in total. The van der Waals surface area contributed by atoms with E-state index in [1.165, 1.54) is 13.0 Å². The first-order valence-electron chi connectivity index (χ1n) is 5.32. The van der Waals surface area contributed by atoms with E-state index >= 15 is 0 Å². The highest BCUT2D eigenvalue weighted by Gasteiger charge is 2.08. The summed E-state index contributed by atoms with van der Waals surface area (Å²) >= 11 is 0. The summed E-state index contributed by atoms with van der Waals surface area (Å²) in [5.41, 5.74) is 0. The molecule has 0 aliphatic carbocycles. The zero-order valence-corrected chi connectivity index (χ0v) is 8.88. The van der Waals surface area contributed by atoms with Crippen LogP contribution in [0, 0.1) is 0 Å². The van der Waals surface area contributed by atoms with Gasteiger partial charge in [-0.05, 0) is 19.5 Å². The molecule has 78 valence electrons. The van der Waals surface area contributed by atoms with E-state index in [9.17, 15) is 0 Å². The Kier molecular flexibility index (Phi) is 5.35. The largest absolute Gasteiger partial charge is 0.379 e. The van der Waals surface area contributed by atoms with Crippen molar-refractivity contribution in [1.29, 1.82) is 0 Å². The van der Waals surface area contributed by atoms with E-state index in [4.69, 9.17) is 4.74 Å². The first-order chi connectivity index (χ1) is 6.29. The summed E-state index contributed by atoms with van der Waals surface area (Å²) in [6, 6.07) is 0.615. The van der Waals surface area contributed by atoms with E-state index in [-0.39, 0.29) is 0 Å². The van der Waals surface area contributed by atoms with Crippen LogP contribution in [-0.2, 0) is 4.74 Å². The minimum absolute atomic E-state index is 0.615. The van der Waals surface area contributed by atoms with Crippen molar-refractivity contribution >= 4 is 0 Å². The Hall–Kier alpha value is -0.120. The molecule has 0 amide bonds. The number of nitrogens with one attached hydrogen (secondary N) is 1. The summed E-state index contributed by atoms with van der Waals surface area (Å²) in [7, 11) is 0. The molecule has 0 aromatic heterocycles. The van der Waals surface area contributed by atoms with Gasteiger partial charge in [-0.15, -0.1) is 0 Å². The van der Waals surface area contributed by atoms with E-state index in [2.05, 4.69) is 24.1 Å². The normalized spacial score (nSPS) is 19.6. The van der Waals surface area contributed by atoms with Gasteiger partial charge < -0.3 is 10.1 Å². The summed E-state index contributed by atoms with van der Waals surface area (Å²) in [5.74, 6) is 0. The van der Waals surface area contributed by atoms with E-state index in [1.807, 2.05) is 0 Å². The van der Waals surface area contributed by atoms with Crippen molar-refractivity contribution in [3.8, 4) is 0 Å².